The van der Waals surface area contributed by atoms with Crippen molar-refractivity contribution in [2.75, 3.05) is 0 Å². The molecule has 0 amide bonds. The first-order valence-corrected chi connectivity index (χ1v) is 4.72. The average molecular weight is 262 g/mol. The highest BCUT2D eigenvalue weighted by atomic mass is 19.4. The Hall–Kier alpha value is -2.12. The van der Waals surface area contributed by atoms with Gasteiger partial charge in [-0.15, -0.1) is 0 Å². The fourth-order valence-electron chi connectivity index (χ4n) is 1.15. The van der Waals surface area contributed by atoms with Gasteiger partial charge in [0.15, 0.2) is 0 Å². The Morgan fingerprint density at radius 2 is 1.78 bits per heavy atom. The molecular formula is C10H9F3N2O3. The van der Waals surface area contributed by atoms with Crippen molar-refractivity contribution in [1.29, 1.82) is 0 Å². The Labute approximate surface area is 99.6 Å². The fourth-order valence-corrected chi connectivity index (χ4v) is 1.15. The van der Waals surface area contributed by atoms with Crippen molar-refractivity contribution in [3.63, 3.8) is 0 Å². The van der Waals surface area contributed by atoms with Crippen molar-refractivity contribution >= 4 is 5.97 Å². The van der Waals surface area contributed by atoms with Crippen LogP contribution in [0.15, 0.2) is 23.7 Å². The number of carboxylic acids is 1. The molecule has 1 heterocycles. The maximum Gasteiger partial charge on any atom is 0.451 e. The van der Waals surface area contributed by atoms with Crippen molar-refractivity contribution in [2.45, 2.75) is 19.5 Å². The maximum atomic E-state index is 12.2. The highest BCUT2D eigenvalue weighted by molar-refractivity contribution is 5.87. The summed E-state index contributed by atoms with van der Waals surface area (Å²) in [5.41, 5.74) is -0.160. The van der Waals surface area contributed by atoms with Crippen LogP contribution in [-0.2, 0) is 17.4 Å². The summed E-state index contributed by atoms with van der Waals surface area (Å²) in [4.78, 5) is 16.9. The van der Waals surface area contributed by atoms with Gasteiger partial charge < -0.3 is 10.2 Å². The van der Waals surface area contributed by atoms with Gasteiger partial charge in [-0.25, -0.2) is 14.8 Å². The number of aliphatic hydroxyl groups excluding tert-OH is 1. The first-order chi connectivity index (χ1) is 8.21. The first-order valence-electron chi connectivity index (χ1n) is 4.72. The summed E-state index contributed by atoms with van der Waals surface area (Å²) in [7, 11) is 0. The van der Waals surface area contributed by atoms with E-state index in [2.05, 4.69) is 9.97 Å². The molecule has 0 aliphatic rings. The van der Waals surface area contributed by atoms with Gasteiger partial charge in [0.1, 0.15) is 0 Å². The van der Waals surface area contributed by atoms with E-state index < -0.39 is 23.7 Å². The first kappa shape index (κ1) is 13.9. The molecule has 5 nitrogen and oxygen atoms in total. The number of halogens is 3. The number of aliphatic carboxylic acids is 1. The van der Waals surface area contributed by atoms with Crippen LogP contribution < -0.4 is 0 Å². The van der Waals surface area contributed by atoms with E-state index in [9.17, 15) is 18.0 Å². The molecule has 8 heteroatoms. The number of nitrogens with zero attached hydrogens (tertiary/aromatic N) is 2. The van der Waals surface area contributed by atoms with E-state index in [-0.39, 0.29) is 17.6 Å². The van der Waals surface area contributed by atoms with Crippen molar-refractivity contribution in [1.82, 2.24) is 9.97 Å². The van der Waals surface area contributed by atoms with E-state index in [0.29, 0.717) is 0 Å². The molecule has 98 valence electrons. The molecule has 0 spiro atoms. The lowest BCUT2D eigenvalue weighted by atomic mass is 10.1. The molecule has 0 fully saturated rings. The summed E-state index contributed by atoms with van der Waals surface area (Å²) in [6, 6.07) is 0. The average Bonchev–Trinajstić information content (AvgIpc) is 2.24. The minimum Gasteiger partial charge on any atom is -0.512 e. The van der Waals surface area contributed by atoms with Gasteiger partial charge in [0.25, 0.3) is 0 Å². The molecule has 0 bridgehead atoms. The van der Waals surface area contributed by atoms with Crippen LogP contribution >= 0.6 is 0 Å². The highest BCUT2D eigenvalue weighted by Crippen LogP contribution is 2.25. The van der Waals surface area contributed by atoms with E-state index in [1.54, 1.807) is 0 Å². The Morgan fingerprint density at radius 1 is 1.28 bits per heavy atom. The van der Waals surface area contributed by atoms with Crippen LogP contribution in [0, 0.1) is 0 Å². The number of aromatic nitrogens is 2. The second-order valence-electron chi connectivity index (χ2n) is 3.46. The second-order valence-corrected chi connectivity index (χ2v) is 3.46. The van der Waals surface area contributed by atoms with Crippen LogP contribution in [0.25, 0.3) is 0 Å². The minimum atomic E-state index is -4.64. The number of alkyl halides is 3. The predicted molar refractivity (Wildman–Crippen MR) is 53.7 cm³/mol. The molecule has 0 radical (unpaired) electrons. The molecule has 0 aliphatic heterocycles. The van der Waals surface area contributed by atoms with E-state index in [1.807, 2.05) is 0 Å². The van der Waals surface area contributed by atoms with Crippen LogP contribution in [0.2, 0.25) is 0 Å². The highest BCUT2D eigenvalue weighted by Gasteiger charge is 2.34. The van der Waals surface area contributed by atoms with E-state index in [4.69, 9.17) is 10.2 Å². The molecule has 0 atom stereocenters. The lowest BCUT2D eigenvalue weighted by Gasteiger charge is -2.06. The normalized spacial score (nSPS) is 13.1. The Bertz CT molecular complexity index is 476. The van der Waals surface area contributed by atoms with Gasteiger partial charge in [-0.3, -0.25) is 0 Å². The Kier molecular flexibility index (Phi) is 3.89. The maximum absolute atomic E-state index is 12.2. The van der Waals surface area contributed by atoms with Crippen molar-refractivity contribution < 1.29 is 28.2 Å². The summed E-state index contributed by atoms with van der Waals surface area (Å²) in [5, 5.41) is 17.9. The molecule has 2 N–H and O–H groups in total. The molecule has 0 unspecified atom stereocenters. The van der Waals surface area contributed by atoms with Crippen LogP contribution in [-0.4, -0.2) is 26.2 Å². The van der Waals surface area contributed by atoms with Crippen molar-refractivity contribution in [3.8, 4) is 0 Å². The van der Waals surface area contributed by atoms with Gasteiger partial charge in [0, 0.05) is 18.8 Å². The zero-order valence-electron chi connectivity index (χ0n) is 9.19. The largest absolute Gasteiger partial charge is 0.512 e. The van der Waals surface area contributed by atoms with Crippen molar-refractivity contribution in [2.24, 2.45) is 0 Å². The number of aliphatic hydroxyl groups is 1. The minimum absolute atomic E-state index is 0.161. The standard InChI is InChI=1S/C10H9F3N2O3/c1-5(16)7(8(17)18)2-6-3-14-9(15-4-6)10(11,12)13/h3-4,16H,2H2,1H3,(H,17,18)/b7-5-. The van der Waals surface area contributed by atoms with Crippen LogP contribution in [0.5, 0.6) is 0 Å². The van der Waals surface area contributed by atoms with Crippen LogP contribution in [0.3, 0.4) is 0 Å². The number of rotatable bonds is 3. The van der Waals surface area contributed by atoms with E-state index in [1.165, 1.54) is 6.92 Å². The van der Waals surface area contributed by atoms with Gasteiger partial charge in [-0.1, -0.05) is 0 Å². The lowest BCUT2D eigenvalue weighted by Crippen LogP contribution is -2.12. The van der Waals surface area contributed by atoms with E-state index >= 15 is 0 Å². The summed E-state index contributed by atoms with van der Waals surface area (Å²) >= 11 is 0. The van der Waals surface area contributed by atoms with E-state index in [0.717, 1.165) is 12.4 Å². The number of carbonyl (C=O) groups is 1. The number of allylic oxidation sites excluding steroid dienone is 1. The summed E-state index contributed by atoms with van der Waals surface area (Å²) < 4.78 is 36.5. The Balaban J connectivity index is 2.94. The van der Waals surface area contributed by atoms with Crippen molar-refractivity contribution in [3.05, 3.63) is 35.1 Å². The van der Waals surface area contributed by atoms with Crippen LogP contribution in [0.1, 0.15) is 18.3 Å². The lowest BCUT2D eigenvalue weighted by molar-refractivity contribution is -0.145. The number of hydrogen-bond donors (Lipinski definition) is 2. The molecule has 1 aromatic rings. The number of carboxylic acid groups (broad SMARTS) is 1. The molecule has 0 saturated heterocycles. The molecule has 1 aromatic heterocycles. The summed E-state index contributed by atoms with van der Waals surface area (Å²) in [6.07, 6.45) is -3.14. The van der Waals surface area contributed by atoms with Crippen LogP contribution in [0.4, 0.5) is 13.2 Å². The number of hydrogen-bond acceptors (Lipinski definition) is 4. The zero-order chi connectivity index (χ0) is 13.9. The molecule has 0 aromatic carbocycles. The smallest absolute Gasteiger partial charge is 0.451 e. The van der Waals surface area contributed by atoms with Gasteiger partial charge >= 0.3 is 12.1 Å². The topological polar surface area (TPSA) is 83.3 Å². The molecule has 1 rings (SSSR count). The molecule has 0 saturated carbocycles. The van der Waals surface area contributed by atoms with Gasteiger partial charge in [-0.2, -0.15) is 13.2 Å². The quantitative estimate of drug-likeness (QED) is 0.642. The Morgan fingerprint density at radius 3 is 2.11 bits per heavy atom. The predicted octanol–water partition coefficient (Wildman–Crippen LogP) is 1.95. The SMILES string of the molecule is C/C(O)=C(\Cc1cnc(C(F)(F)F)nc1)C(=O)O. The second kappa shape index (κ2) is 5.03. The molecule has 0 aliphatic carbocycles. The molecule has 18 heavy (non-hydrogen) atoms. The fraction of sp³-hybridized carbons (Fsp3) is 0.300. The molecular weight excluding hydrogens is 253 g/mol. The van der Waals surface area contributed by atoms with Gasteiger partial charge in [-0.05, 0) is 12.5 Å². The van der Waals surface area contributed by atoms with Gasteiger partial charge in [0.2, 0.25) is 5.82 Å². The summed E-state index contributed by atoms with van der Waals surface area (Å²) in [6.45, 7) is 1.17. The zero-order valence-corrected chi connectivity index (χ0v) is 9.19. The third-order valence-corrected chi connectivity index (χ3v) is 2.03. The van der Waals surface area contributed by atoms with Gasteiger partial charge in [0.05, 0.1) is 11.3 Å². The third-order valence-electron chi connectivity index (χ3n) is 2.03. The third kappa shape index (κ3) is 3.44. The monoisotopic (exact) mass is 262 g/mol. The summed E-state index contributed by atoms with van der Waals surface area (Å²) in [5.74, 6) is -3.06.